The van der Waals surface area contributed by atoms with Crippen molar-refractivity contribution < 1.29 is 4.74 Å². The maximum atomic E-state index is 6.08. The number of hydrogen-bond donors (Lipinski definition) is 1. The second-order valence-corrected chi connectivity index (χ2v) is 5.92. The van der Waals surface area contributed by atoms with Gasteiger partial charge in [-0.3, -0.25) is 4.90 Å². The van der Waals surface area contributed by atoms with Gasteiger partial charge in [0.2, 0.25) is 0 Å². The molecule has 3 rings (SSSR count). The molecule has 1 aliphatic heterocycles. The zero-order valence-corrected chi connectivity index (χ0v) is 11.8. The molecule has 1 unspecified atom stereocenters. The molecule has 3 nitrogen and oxygen atoms in total. The van der Waals surface area contributed by atoms with Crippen molar-refractivity contribution in [3.8, 4) is 5.75 Å². The van der Waals surface area contributed by atoms with Crippen LogP contribution in [0.2, 0.25) is 0 Å². The van der Waals surface area contributed by atoms with Gasteiger partial charge in [-0.15, -0.1) is 0 Å². The number of nitrogens with two attached hydrogens (primary N) is 1. The average Bonchev–Trinajstić information content (AvgIpc) is 3.15. The molecule has 1 aliphatic carbocycles. The van der Waals surface area contributed by atoms with E-state index in [0.717, 1.165) is 44.3 Å². The van der Waals surface area contributed by atoms with Gasteiger partial charge in [0, 0.05) is 19.0 Å². The number of aryl methyl sites for hydroxylation is 1. The maximum absolute atomic E-state index is 6.08. The summed E-state index contributed by atoms with van der Waals surface area (Å²) in [6, 6.07) is 7.30. The molecule has 0 radical (unpaired) electrons. The highest BCUT2D eigenvalue weighted by atomic mass is 16.5. The zero-order chi connectivity index (χ0) is 13.2. The third-order valence-electron chi connectivity index (χ3n) is 4.11. The van der Waals surface area contributed by atoms with Gasteiger partial charge in [0.15, 0.2) is 0 Å². The van der Waals surface area contributed by atoms with Gasteiger partial charge in [0.05, 0.1) is 0 Å². The molecule has 1 aromatic rings. The molecule has 3 heteroatoms. The molecular formula is C16H24N2O. The second kappa shape index (κ2) is 5.51. The van der Waals surface area contributed by atoms with Crippen LogP contribution >= 0.6 is 0 Å². The predicted octanol–water partition coefficient (Wildman–Crippen LogP) is 2.11. The maximum Gasteiger partial charge on any atom is 0.123 e. The van der Waals surface area contributed by atoms with E-state index in [1.165, 1.54) is 24.0 Å². The topological polar surface area (TPSA) is 38.5 Å². The third-order valence-corrected chi connectivity index (χ3v) is 4.11. The van der Waals surface area contributed by atoms with Crippen LogP contribution in [0.15, 0.2) is 18.2 Å². The Morgan fingerprint density at radius 1 is 1.37 bits per heavy atom. The summed E-state index contributed by atoms with van der Waals surface area (Å²) >= 11 is 0. The third kappa shape index (κ3) is 3.10. The van der Waals surface area contributed by atoms with Crippen molar-refractivity contribution in [2.45, 2.75) is 44.8 Å². The summed E-state index contributed by atoms with van der Waals surface area (Å²) in [5.74, 6) is 1.09. The van der Waals surface area contributed by atoms with Crippen molar-refractivity contribution in [2.75, 3.05) is 19.6 Å². The molecule has 2 aliphatic rings. The number of benzene rings is 1. The van der Waals surface area contributed by atoms with Gasteiger partial charge in [-0.1, -0.05) is 17.7 Å². The van der Waals surface area contributed by atoms with Crippen LogP contribution in [0.1, 0.15) is 30.4 Å². The average molecular weight is 260 g/mol. The number of hydrogen-bond acceptors (Lipinski definition) is 3. The lowest BCUT2D eigenvalue weighted by molar-refractivity contribution is 0.144. The molecule has 1 heterocycles. The van der Waals surface area contributed by atoms with E-state index in [9.17, 15) is 0 Å². The van der Waals surface area contributed by atoms with E-state index >= 15 is 0 Å². The summed E-state index contributed by atoms with van der Waals surface area (Å²) in [5, 5.41) is 0. The minimum Gasteiger partial charge on any atom is -0.488 e. The molecule has 0 spiro atoms. The lowest BCUT2D eigenvalue weighted by Gasteiger charge is -2.24. The van der Waals surface area contributed by atoms with E-state index in [2.05, 4.69) is 30.0 Å². The van der Waals surface area contributed by atoms with Gasteiger partial charge in [-0.2, -0.15) is 0 Å². The SMILES string of the molecule is Cc1ccc2c(c1)CC(CN(CCCN)C1CC1)O2. The standard InChI is InChI=1S/C16H24N2O/c1-12-3-6-16-13(9-12)10-15(19-16)11-18(8-2-7-17)14-4-5-14/h3,6,9,14-15H,2,4-5,7-8,10-11,17H2,1H3. The predicted molar refractivity (Wildman–Crippen MR) is 77.6 cm³/mol. The molecule has 1 aromatic carbocycles. The number of fused-ring (bicyclic) bond motifs is 1. The Morgan fingerprint density at radius 3 is 2.95 bits per heavy atom. The highest BCUT2D eigenvalue weighted by Gasteiger charge is 2.32. The van der Waals surface area contributed by atoms with E-state index in [0.29, 0.717) is 6.10 Å². The number of ether oxygens (including phenoxy) is 1. The van der Waals surface area contributed by atoms with Crippen LogP contribution in [0.25, 0.3) is 0 Å². The Hall–Kier alpha value is -1.06. The largest absolute Gasteiger partial charge is 0.488 e. The number of rotatable bonds is 6. The van der Waals surface area contributed by atoms with Crippen LogP contribution in [0.4, 0.5) is 0 Å². The monoisotopic (exact) mass is 260 g/mol. The van der Waals surface area contributed by atoms with Crippen LogP contribution in [-0.4, -0.2) is 36.7 Å². The van der Waals surface area contributed by atoms with E-state index in [1.54, 1.807) is 0 Å². The Morgan fingerprint density at radius 2 is 2.21 bits per heavy atom. The molecule has 2 N–H and O–H groups in total. The first-order valence-corrected chi connectivity index (χ1v) is 7.46. The van der Waals surface area contributed by atoms with Gasteiger partial charge in [0.25, 0.3) is 0 Å². The van der Waals surface area contributed by atoms with Gasteiger partial charge in [0.1, 0.15) is 11.9 Å². The lowest BCUT2D eigenvalue weighted by atomic mass is 10.1. The van der Waals surface area contributed by atoms with Gasteiger partial charge in [-0.25, -0.2) is 0 Å². The Balaban J connectivity index is 1.59. The van der Waals surface area contributed by atoms with Crippen LogP contribution in [-0.2, 0) is 6.42 Å². The minimum absolute atomic E-state index is 0.329. The lowest BCUT2D eigenvalue weighted by Crippen LogP contribution is -2.37. The molecule has 0 amide bonds. The highest BCUT2D eigenvalue weighted by Crippen LogP contribution is 2.32. The minimum atomic E-state index is 0.329. The first-order chi connectivity index (χ1) is 9.26. The normalized spacial score (nSPS) is 21.5. The van der Waals surface area contributed by atoms with Crippen molar-refractivity contribution >= 4 is 0 Å². The van der Waals surface area contributed by atoms with Crippen molar-refractivity contribution in [3.63, 3.8) is 0 Å². The van der Waals surface area contributed by atoms with Crippen molar-refractivity contribution in [1.29, 1.82) is 0 Å². The van der Waals surface area contributed by atoms with E-state index in [-0.39, 0.29) is 0 Å². The van der Waals surface area contributed by atoms with E-state index < -0.39 is 0 Å². The Bertz CT molecular complexity index is 442. The first-order valence-electron chi connectivity index (χ1n) is 7.46. The summed E-state index contributed by atoms with van der Waals surface area (Å²) in [5.41, 5.74) is 8.33. The van der Waals surface area contributed by atoms with Crippen molar-refractivity contribution in [1.82, 2.24) is 4.90 Å². The molecule has 19 heavy (non-hydrogen) atoms. The fourth-order valence-electron chi connectivity index (χ4n) is 2.97. The van der Waals surface area contributed by atoms with Crippen LogP contribution in [0, 0.1) is 6.92 Å². The Kier molecular flexibility index (Phi) is 3.76. The molecule has 0 saturated heterocycles. The summed E-state index contributed by atoms with van der Waals surface area (Å²) in [6.45, 7) is 5.11. The van der Waals surface area contributed by atoms with Crippen LogP contribution < -0.4 is 10.5 Å². The molecule has 0 aromatic heterocycles. The first kappa shape index (κ1) is 12.9. The highest BCUT2D eigenvalue weighted by molar-refractivity contribution is 5.40. The van der Waals surface area contributed by atoms with Gasteiger partial charge in [-0.05, 0) is 50.9 Å². The smallest absolute Gasteiger partial charge is 0.123 e. The molecule has 1 fully saturated rings. The quantitative estimate of drug-likeness (QED) is 0.851. The van der Waals surface area contributed by atoms with E-state index in [4.69, 9.17) is 10.5 Å². The van der Waals surface area contributed by atoms with Crippen LogP contribution in [0.5, 0.6) is 5.75 Å². The zero-order valence-electron chi connectivity index (χ0n) is 11.8. The molecule has 0 bridgehead atoms. The van der Waals surface area contributed by atoms with Gasteiger partial charge >= 0.3 is 0 Å². The summed E-state index contributed by atoms with van der Waals surface area (Å²) in [4.78, 5) is 2.58. The molecule has 104 valence electrons. The second-order valence-electron chi connectivity index (χ2n) is 5.92. The summed E-state index contributed by atoms with van der Waals surface area (Å²) in [6.07, 6.45) is 5.18. The fourth-order valence-corrected chi connectivity index (χ4v) is 2.97. The van der Waals surface area contributed by atoms with Crippen LogP contribution in [0.3, 0.4) is 0 Å². The Labute approximate surface area is 115 Å². The molecule has 1 atom stereocenters. The summed E-state index contributed by atoms with van der Waals surface area (Å²) < 4.78 is 6.08. The van der Waals surface area contributed by atoms with E-state index in [1.807, 2.05) is 0 Å². The van der Waals surface area contributed by atoms with Crippen molar-refractivity contribution in [2.24, 2.45) is 5.73 Å². The summed E-state index contributed by atoms with van der Waals surface area (Å²) in [7, 11) is 0. The van der Waals surface area contributed by atoms with Gasteiger partial charge < -0.3 is 10.5 Å². The van der Waals surface area contributed by atoms with Crippen molar-refractivity contribution in [3.05, 3.63) is 29.3 Å². The molecular weight excluding hydrogens is 236 g/mol. The molecule has 1 saturated carbocycles. The number of nitrogens with zero attached hydrogens (tertiary/aromatic N) is 1. The fraction of sp³-hybridized carbons (Fsp3) is 0.625.